The van der Waals surface area contributed by atoms with E-state index in [9.17, 15) is 5.11 Å². The van der Waals surface area contributed by atoms with Crippen LogP contribution in [0.2, 0.25) is 0 Å². The predicted octanol–water partition coefficient (Wildman–Crippen LogP) is 2.43. The Labute approximate surface area is 68.7 Å². The molecule has 1 atom stereocenters. The molecule has 0 fully saturated rings. The van der Waals surface area contributed by atoms with E-state index in [1.54, 1.807) is 0 Å². The minimum absolute atomic E-state index is 0.556. The van der Waals surface area contributed by atoms with Crippen LogP contribution in [0, 0.1) is 0 Å². The number of rotatable bonds is 5. The van der Waals surface area contributed by atoms with Gasteiger partial charge in [-0.15, -0.1) is 12.3 Å². The van der Waals surface area contributed by atoms with E-state index in [4.69, 9.17) is 0 Å². The van der Waals surface area contributed by atoms with Crippen LogP contribution in [-0.4, -0.2) is 11.2 Å². The molecule has 0 bridgehead atoms. The molecule has 0 radical (unpaired) electrons. The Balaban J connectivity index is 3.97. The van der Waals surface area contributed by atoms with E-state index in [1.807, 2.05) is 0 Å². The van der Waals surface area contributed by atoms with Crippen LogP contribution in [0.3, 0.4) is 0 Å². The summed E-state index contributed by atoms with van der Waals surface area (Å²) < 4.78 is 0. The standard InChI is InChI=1S/C10H16O/c1-4-7-8-9(5-2)10(11)6-3/h6,10-11H,2-4,7-8H2,1H3/t10-/m0/s1. The monoisotopic (exact) mass is 152 g/mol. The first-order chi connectivity index (χ1) is 5.26. The summed E-state index contributed by atoms with van der Waals surface area (Å²) in [5, 5.41) is 9.29. The zero-order chi connectivity index (χ0) is 8.69. The first kappa shape index (κ1) is 10.2. The molecule has 0 saturated heterocycles. The highest BCUT2D eigenvalue weighted by atomic mass is 16.3. The molecule has 0 amide bonds. The third-order valence-corrected chi connectivity index (χ3v) is 1.61. The fourth-order valence-corrected chi connectivity index (χ4v) is 0.850. The van der Waals surface area contributed by atoms with Gasteiger partial charge < -0.3 is 5.11 Å². The van der Waals surface area contributed by atoms with Gasteiger partial charge in [-0.25, -0.2) is 0 Å². The fraction of sp³-hybridized carbons (Fsp3) is 0.500. The maximum atomic E-state index is 9.29. The minimum Gasteiger partial charge on any atom is -0.384 e. The second kappa shape index (κ2) is 5.96. The fourth-order valence-electron chi connectivity index (χ4n) is 0.850. The maximum Gasteiger partial charge on any atom is 0.100 e. The molecule has 0 spiro atoms. The van der Waals surface area contributed by atoms with Gasteiger partial charge in [0, 0.05) is 5.57 Å². The molecule has 1 nitrogen and oxygen atoms in total. The second-order valence-electron chi connectivity index (χ2n) is 2.49. The quantitative estimate of drug-likeness (QED) is 0.474. The van der Waals surface area contributed by atoms with Crippen LogP contribution in [0.1, 0.15) is 26.2 Å². The Kier molecular flexibility index (Phi) is 5.54. The largest absolute Gasteiger partial charge is 0.384 e. The molecule has 62 valence electrons. The van der Waals surface area contributed by atoms with Crippen molar-refractivity contribution in [3.05, 3.63) is 30.5 Å². The van der Waals surface area contributed by atoms with Gasteiger partial charge in [0.15, 0.2) is 0 Å². The Hall–Kier alpha value is -0.780. The molecule has 0 aliphatic heterocycles. The van der Waals surface area contributed by atoms with Gasteiger partial charge in [-0.3, -0.25) is 0 Å². The van der Waals surface area contributed by atoms with Crippen LogP contribution in [0.4, 0.5) is 0 Å². The molecule has 0 aromatic rings. The average Bonchev–Trinajstić information content (AvgIpc) is 2.05. The topological polar surface area (TPSA) is 20.2 Å². The molecule has 0 rings (SSSR count). The van der Waals surface area contributed by atoms with Crippen molar-refractivity contribution in [3.8, 4) is 0 Å². The highest BCUT2D eigenvalue weighted by Crippen LogP contribution is 2.10. The van der Waals surface area contributed by atoms with E-state index in [1.165, 1.54) is 6.08 Å². The van der Waals surface area contributed by atoms with Gasteiger partial charge in [0.25, 0.3) is 0 Å². The van der Waals surface area contributed by atoms with Crippen molar-refractivity contribution in [3.63, 3.8) is 0 Å². The van der Waals surface area contributed by atoms with E-state index in [0.29, 0.717) is 0 Å². The zero-order valence-corrected chi connectivity index (χ0v) is 7.14. The van der Waals surface area contributed by atoms with Crippen LogP contribution in [0.25, 0.3) is 0 Å². The Morgan fingerprint density at radius 1 is 1.73 bits per heavy atom. The molecule has 0 heterocycles. The molecule has 0 unspecified atom stereocenters. The molecule has 0 aromatic heterocycles. The summed E-state index contributed by atoms with van der Waals surface area (Å²) in [4.78, 5) is 0. The lowest BCUT2D eigenvalue weighted by Gasteiger charge is -2.06. The lowest BCUT2D eigenvalue weighted by atomic mass is 10.0. The normalized spacial score (nSPS) is 11.8. The van der Waals surface area contributed by atoms with E-state index in [-0.39, 0.29) is 0 Å². The minimum atomic E-state index is -0.556. The van der Waals surface area contributed by atoms with Crippen LogP contribution in [0.15, 0.2) is 30.5 Å². The molecular formula is C10H16O. The highest BCUT2D eigenvalue weighted by molar-refractivity contribution is 5.11. The number of hydrogen-bond acceptors (Lipinski definition) is 1. The Morgan fingerprint density at radius 3 is 2.73 bits per heavy atom. The predicted molar refractivity (Wildman–Crippen MR) is 48.4 cm³/mol. The van der Waals surface area contributed by atoms with E-state index in [2.05, 4.69) is 25.8 Å². The zero-order valence-electron chi connectivity index (χ0n) is 7.14. The number of unbranched alkanes of at least 4 members (excludes halogenated alkanes) is 1. The SMILES string of the molecule is C=C=C(CCCC)[C@@H](O)C=C. The van der Waals surface area contributed by atoms with Gasteiger partial charge in [0.05, 0.1) is 0 Å². The molecule has 0 aliphatic rings. The van der Waals surface area contributed by atoms with Gasteiger partial charge in [-0.2, -0.15) is 0 Å². The van der Waals surface area contributed by atoms with Crippen LogP contribution in [-0.2, 0) is 0 Å². The summed E-state index contributed by atoms with van der Waals surface area (Å²) in [5.41, 5.74) is 3.58. The summed E-state index contributed by atoms with van der Waals surface area (Å²) >= 11 is 0. The van der Waals surface area contributed by atoms with E-state index >= 15 is 0 Å². The van der Waals surface area contributed by atoms with Crippen LogP contribution < -0.4 is 0 Å². The maximum absolute atomic E-state index is 9.29. The lowest BCUT2D eigenvalue weighted by Crippen LogP contribution is -2.04. The Morgan fingerprint density at radius 2 is 2.36 bits per heavy atom. The summed E-state index contributed by atoms with van der Waals surface area (Å²) in [5.74, 6) is 0. The number of hydrogen-bond donors (Lipinski definition) is 1. The number of aliphatic hydroxyl groups is 1. The molecule has 0 aromatic carbocycles. The smallest absolute Gasteiger partial charge is 0.100 e. The van der Waals surface area contributed by atoms with Crippen molar-refractivity contribution >= 4 is 0 Å². The van der Waals surface area contributed by atoms with Crippen molar-refractivity contribution in [2.75, 3.05) is 0 Å². The van der Waals surface area contributed by atoms with Gasteiger partial charge in [0.2, 0.25) is 0 Å². The summed E-state index contributed by atoms with van der Waals surface area (Å²) in [6.45, 7) is 9.12. The molecular weight excluding hydrogens is 136 g/mol. The number of aliphatic hydroxyl groups excluding tert-OH is 1. The van der Waals surface area contributed by atoms with Gasteiger partial charge in [0.1, 0.15) is 6.10 Å². The van der Waals surface area contributed by atoms with Crippen molar-refractivity contribution in [2.24, 2.45) is 0 Å². The summed E-state index contributed by atoms with van der Waals surface area (Å²) in [7, 11) is 0. The lowest BCUT2D eigenvalue weighted by molar-refractivity contribution is 0.254. The molecule has 0 saturated carbocycles. The third kappa shape index (κ3) is 3.82. The van der Waals surface area contributed by atoms with Crippen LogP contribution in [0.5, 0.6) is 0 Å². The molecule has 11 heavy (non-hydrogen) atoms. The van der Waals surface area contributed by atoms with E-state index < -0.39 is 6.10 Å². The molecule has 1 heteroatoms. The average molecular weight is 152 g/mol. The summed E-state index contributed by atoms with van der Waals surface area (Å²) in [6, 6.07) is 0. The first-order valence-electron chi connectivity index (χ1n) is 3.95. The van der Waals surface area contributed by atoms with Gasteiger partial charge in [-0.1, -0.05) is 26.0 Å². The Bertz CT molecular complexity index is 164. The second-order valence-corrected chi connectivity index (χ2v) is 2.49. The van der Waals surface area contributed by atoms with E-state index in [0.717, 1.165) is 24.8 Å². The van der Waals surface area contributed by atoms with Crippen molar-refractivity contribution < 1.29 is 5.11 Å². The summed E-state index contributed by atoms with van der Waals surface area (Å²) in [6.07, 6.45) is 4.01. The van der Waals surface area contributed by atoms with Gasteiger partial charge >= 0.3 is 0 Å². The van der Waals surface area contributed by atoms with Crippen molar-refractivity contribution in [2.45, 2.75) is 32.3 Å². The van der Waals surface area contributed by atoms with Crippen LogP contribution >= 0.6 is 0 Å². The molecule has 1 N–H and O–H groups in total. The third-order valence-electron chi connectivity index (χ3n) is 1.61. The highest BCUT2D eigenvalue weighted by Gasteiger charge is 2.03. The van der Waals surface area contributed by atoms with Gasteiger partial charge in [-0.05, 0) is 12.8 Å². The first-order valence-corrected chi connectivity index (χ1v) is 3.95. The molecule has 0 aliphatic carbocycles. The van der Waals surface area contributed by atoms with Crippen molar-refractivity contribution in [1.29, 1.82) is 0 Å². The van der Waals surface area contributed by atoms with Crippen molar-refractivity contribution in [1.82, 2.24) is 0 Å².